The summed E-state index contributed by atoms with van der Waals surface area (Å²) in [6.45, 7) is 2.09. The Morgan fingerprint density at radius 1 is 1.24 bits per heavy atom. The molecule has 2 unspecified atom stereocenters. The average molecular weight is 256 g/mol. The normalized spacial score (nSPS) is 29.3. The van der Waals surface area contributed by atoms with Gasteiger partial charge in [0.05, 0.1) is 6.07 Å². The lowest BCUT2D eigenvalue weighted by molar-refractivity contribution is 0.287. The van der Waals surface area contributed by atoms with Gasteiger partial charge in [0.25, 0.3) is 0 Å². The Hall–Kier alpha value is -0.600. The van der Waals surface area contributed by atoms with Crippen LogP contribution in [-0.4, -0.2) is 30.6 Å². The fourth-order valence-corrected chi connectivity index (χ4v) is 4.74. The summed E-state index contributed by atoms with van der Waals surface area (Å²) < 4.78 is 26.1. The van der Waals surface area contributed by atoms with E-state index in [2.05, 4.69) is 0 Å². The van der Waals surface area contributed by atoms with Crippen LogP contribution in [0.4, 0.5) is 0 Å². The summed E-state index contributed by atoms with van der Waals surface area (Å²) in [6.07, 6.45) is 6.67. The molecule has 0 aromatic carbocycles. The Morgan fingerprint density at radius 2 is 1.88 bits per heavy atom. The summed E-state index contributed by atoms with van der Waals surface area (Å²) in [6, 6.07) is 2.03. The zero-order valence-electron chi connectivity index (χ0n) is 10.3. The maximum atomic E-state index is 12.2. The Balaban J connectivity index is 2.17. The van der Waals surface area contributed by atoms with Crippen LogP contribution in [0.2, 0.25) is 0 Å². The zero-order chi connectivity index (χ0) is 12.5. The van der Waals surface area contributed by atoms with Crippen molar-refractivity contribution in [2.24, 2.45) is 5.92 Å². The predicted molar refractivity (Wildman–Crippen MR) is 65.7 cm³/mol. The van der Waals surface area contributed by atoms with Crippen LogP contribution in [-0.2, 0) is 10.0 Å². The van der Waals surface area contributed by atoms with Crippen LogP contribution in [0.1, 0.15) is 45.4 Å². The highest BCUT2D eigenvalue weighted by atomic mass is 32.2. The quantitative estimate of drug-likeness (QED) is 0.774. The SMILES string of the molecule is CC(C#N)S(=O)(=O)N1CCCC1C1CCCC1. The molecule has 1 saturated carbocycles. The lowest BCUT2D eigenvalue weighted by Gasteiger charge is -2.29. The van der Waals surface area contributed by atoms with Crippen LogP contribution in [0.3, 0.4) is 0 Å². The highest BCUT2D eigenvalue weighted by molar-refractivity contribution is 7.90. The van der Waals surface area contributed by atoms with Crippen molar-refractivity contribution in [3.8, 4) is 6.07 Å². The first kappa shape index (κ1) is 12.8. The standard InChI is InChI=1S/C12H20N2O2S/c1-10(9-13)17(15,16)14-8-4-7-12(14)11-5-2-3-6-11/h10-12H,2-8H2,1H3. The molecule has 1 heterocycles. The molecule has 17 heavy (non-hydrogen) atoms. The van der Waals surface area contributed by atoms with Crippen molar-refractivity contribution < 1.29 is 8.42 Å². The monoisotopic (exact) mass is 256 g/mol. The van der Waals surface area contributed by atoms with Crippen molar-refractivity contribution >= 4 is 10.0 Å². The van der Waals surface area contributed by atoms with E-state index in [4.69, 9.17) is 5.26 Å². The number of hydrogen-bond donors (Lipinski definition) is 0. The number of nitriles is 1. The Bertz CT molecular complexity index is 407. The molecule has 0 aromatic rings. The summed E-state index contributed by atoms with van der Waals surface area (Å²) in [5.41, 5.74) is 0. The van der Waals surface area contributed by atoms with E-state index in [0.717, 1.165) is 25.7 Å². The first-order valence-corrected chi connectivity index (χ1v) is 7.98. The maximum absolute atomic E-state index is 12.2. The van der Waals surface area contributed by atoms with Gasteiger partial charge in [0.15, 0.2) is 5.25 Å². The molecule has 1 saturated heterocycles. The fraction of sp³-hybridized carbons (Fsp3) is 0.917. The van der Waals surface area contributed by atoms with E-state index in [1.54, 1.807) is 4.31 Å². The van der Waals surface area contributed by atoms with Gasteiger partial charge >= 0.3 is 0 Å². The molecule has 0 radical (unpaired) electrons. The lowest BCUT2D eigenvalue weighted by atomic mass is 9.97. The molecule has 1 aliphatic carbocycles. The first-order valence-electron chi connectivity index (χ1n) is 6.47. The van der Waals surface area contributed by atoms with Crippen LogP contribution in [0.15, 0.2) is 0 Å². The summed E-state index contributed by atoms with van der Waals surface area (Å²) in [4.78, 5) is 0. The Morgan fingerprint density at radius 3 is 2.47 bits per heavy atom. The molecule has 0 spiro atoms. The van der Waals surface area contributed by atoms with Crippen LogP contribution >= 0.6 is 0 Å². The van der Waals surface area contributed by atoms with Crippen LogP contribution in [0.25, 0.3) is 0 Å². The number of sulfonamides is 1. The summed E-state index contributed by atoms with van der Waals surface area (Å²) in [5.74, 6) is 0.526. The lowest BCUT2D eigenvalue weighted by Crippen LogP contribution is -2.43. The maximum Gasteiger partial charge on any atom is 0.230 e. The van der Waals surface area contributed by atoms with Gasteiger partial charge in [-0.15, -0.1) is 0 Å². The second-order valence-corrected chi connectivity index (χ2v) is 7.39. The van der Waals surface area contributed by atoms with Gasteiger partial charge in [-0.2, -0.15) is 9.57 Å². The fourth-order valence-electron chi connectivity index (χ4n) is 3.16. The Kier molecular flexibility index (Phi) is 3.74. The molecule has 1 aliphatic heterocycles. The number of hydrogen-bond acceptors (Lipinski definition) is 3. The summed E-state index contributed by atoms with van der Waals surface area (Å²) in [7, 11) is -3.40. The van der Waals surface area contributed by atoms with Gasteiger partial charge in [0.2, 0.25) is 10.0 Å². The molecular formula is C12H20N2O2S. The number of nitrogens with zero attached hydrogens (tertiary/aromatic N) is 2. The van der Waals surface area contributed by atoms with E-state index in [1.807, 2.05) is 6.07 Å². The molecule has 5 heteroatoms. The van der Waals surface area contributed by atoms with Crippen molar-refractivity contribution in [1.82, 2.24) is 4.31 Å². The molecule has 2 atom stereocenters. The van der Waals surface area contributed by atoms with Gasteiger partial charge < -0.3 is 0 Å². The summed E-state index contributed by atoms with van der Waals surface area (Å²) >= 11 is 0. The second-order valence-electron chi connectivity index (χ2n) is 5.18. The molecule has 2 fully saturated rings. The van der Waals surface area contributed by atoms with Gasteiger partial charge in [-0.05, 0) is 38.5 Å². The van der Waals surface area contributed by atoms with Crippen molar-refractivity contribution in [1.29, 1.82) is 5.26 Å². The third-order valence-corrected chi connectivity index (χ3v) is 6.25. The molecular weight excluding hydrogens is 236 g/mol. The van der Waals surface area contributed by atoms with Crippen LogP contribution < -0.4 is 0 Å². The van der Waals surface area contributed by atoms with E-state index in [0.29, 0.717) is 12.5 Å². The second kappa shape index (κ2) is 4.95. The largest absolute Gasteiger partial charge is 0.230 e. The van der Waals surface area contributed by atoms with E-state index < -0.39 is 15.3 Å². The number of rotatable bonds is 3. The molecule has 0 bridgehead atoms. The predicted octanol–water partition coefficient (Wildman–Crippen LogP) is 1.88. The average Bonchev–Trinajstić information content (AvgIpc) is 2.96. The third-order valence-electron chi connectivity index (χ3n) is 4.15. The Labute approximate surface area is 104 Å². The summed E-state index contributed by atoms with van der Waals surface area (Å²) in [5, 5.41) is 7.91. The highest BCUT2D eigenvalue weighted by Gasteiger charge is 2.41. The smallest absolute Gasteiger partial charge is 0.211 e. The molecule has 2 aliphatic rings. The van der Waals surface area contributed by atoms with E-state index in [9.17, 15) is 8.42 Å². The zero-order valence-corrected chi connectivity index (χ0v) is 11.1. The molecule has 0 aromatic heterocycles. The van der Waals surface area contributed by atoms with Gasteiger partial charge in [-0.3, -0.25) is 0 Å². The first-order chi connectivity index (χ1) is 8.07. The third kappa shape index (κ3) is 2.34. The highest BCUT2D eigenvalue weighted by Crippen LogP contribution is 2.37. The van der Waals surface area contributed by atoms with E-state index >= 15 is 0 Å². The van der Waals surface area contributed by atoms with Crippen molar-refractivity contribution in [3.05, 3.63) is 0 Å². The van der Waals surface area contributed by atoms with Crippen molar-refractivity contribution in [2.45, 2.75) is 56.7 Å². The molecule has 0 amide bonds. The minimum Gasteiger partial charge on any atom is -0.211 e. The van der Waals surface area contributed by atoms with Gasteiger partial charge in [0, 0.05) is 12.6 Å². The van der Waals surface area contributed by atoms with Gasteiger partial charge in [-0.1, -0.05) is 12.8 Å². The molecule has 4 nitrogen and oxygen atoms in total. The van der Waals surface area contributed by atoms with Crippen LogP contribution in [0.5, 0.6) is 0 Å². The molecule has 0 N–H and O–H groups in total. The van der Waals surface area contributed by atoms with Crippen molar-refractivity contribution in [3.63, 3.8) is 0 Å². The van der Waals surface area contributed by atoms with Crippen LogP contribution in [0, 0.1) is 17.2 Å². The van der Waals surface area contributed by atoms with Crippen molar-refractivity contribution in [2.75, 3.05) is 6.54 Å². The molecule has 2 rings (SSSR count). The van der Waals surface area contributed by atoms with Gasteiger partial charge in [0.1, 0.15) is 0 Å². The minimum atomic E-state index is -3.40. The minimum absolute atomic E-state index is 0.165. The van der Waals surface area contributed by atoms with E-state index in [1.165, 1.54) is 19.8 Å². The van der Waals surface area contributed by atoms with E-state index in [-0.39, 0.29) is 6.04 Å². The van der Waals surface area contributed by atoms with Gasteiger partial charge in [-0.25, -0.2) is 8.42 Å². The molecule has 96 valence electrons. The topological polar surface area (TPSA) is 61.2 Å².